The summed E-state index contributed by atoms with van der Waals surface area (Å²) >= 11 is 1.03. The summed E-state index contributed by atoms with van der Waals surface area (Å²) in [7, 11) is 0. The minimum atomic E-state index is -1.14. The number of thioether (sulfide) groups is 1. The van der Waals surface area contributed by atoms with E-state index < -0.39 is 5.97 Å². The molecule has 17 heavy (non-hydrogen) atoms. The molecular formula is C11H8N3O2S-. The summed E-state index contributed by atoms with van der Waals surface area (Å²) in [4.78, 5) is 22.7. The van der Waals surface area contributed by atoms with Crippen molar-refractivity contribution in [2.24, 2.45) is 0 Å². The summed E-state index contributed by atoms with van der Waals surface area (Å²) < 4.78 is 0. The molecule has 0 atom stereocenters. The molecular weight excluding hydrogens is 238 g/mol. The molecule has 0 saturated carbocycles. The van der Waals surface area contributed by atoms with Gasteiger partial charge in [-0.05, 0) is 18.2 Å². The minimum Gasteiger partial charge on any atom is -0.549 e. The lowest BCUT2D eigenvalue weighted by Crippen LogP contribution is -2.24. The van der Waals surface area contributed by atoms with E-state index in [1.54, 1.807) is 18.5 Å². The molecule has 5 nitrogen and oxygen atoms in total. The van der Waals surface area contributed by atoms with Crippen molar-refractivity contribution in [3.05, 3.63) is 36.7 Å². The number of pyridine rings is 1. The van der Waals surface area contributed by atoms with Crippen LogP contribution >= 0.6 is 11.8 Å². The van der Waals surface area contributed by atoms with Crippen molar-refractivity contribution in [1.82, 2.24) is 15.0 Å². The first kappa shape index (κ1) is 11.5. The van der Waals surface area contributed by atoms with Gasteiger partial charge in [0.25, 0.3) is 0 Å². The number of carbonyl (C=O) groups excluding carboxylic acids is 1. The lowest BCUT2D eigenvalue weighted by Gasteiger charge is -2.03. The summed E-state index contributed by atoms with van der Waals surface area (Å²) in [5.74, 6) is -1.30. The first-order valence-corrected chi connectivity index (χ1v) is 5.81. The highest BCUT2D eigenvalue weighted by Gasteiger charge is 2.03. The SMILES string of the molecule is O=C([O-])CSc1nccc(-c2ccccn2)n1. The second-order valence-corrected chi connectivity index (χ2v) is 4.04. The van der Waals surface area contributed by atoms with Crippen LogP contribution < -0.4 is 5.11 Å². The Labute approximate surface area is 102 Å². The normalized spacial score (nSPS) is 10.1. The molecule has 0 unspecified atom stereocenters. The number of aromatic nitrogens is 3. The van der Waals surface area contributed by atoms with Gasteiger partial charge in [0.05, 0.1) is 17.4 Å². The number of nitrogens with zero attached hydrogens (tertiary/aromatic N) is 3. The number of aliphatic carboxylic acids is 1. The average molecular weight is 246 g/mol. The predicted octanol–water partition coefficient (Wildman–Crippen LogP) is 0.381. The van der Waals surface area contributed by atoms with Crippen LogP contribution in [0, 0.1) is 0 Å². The van der Waals surface area contributed by atoms with Crippen LogP contribution in [-0.2, 0) is 4.79 Å². The molecule has 0 N–H and O–H groups in total. The smallest absolute Gasteiger partial charge is 0.188 e. The Kier molecular flexibility index (Phi) is 3.66. The summed E-state index contributed by atoms with van der Waals surface area (Å²) in [5.41, 5.74) is 1.40. The number of hydrogen-bond donors (Lipinski definition) is 0. The molecule has 0 aliphatic heterocycles. The third-order valence-electron chi connectivity index (χ3n) is 1.88. The van der Waals surface area contributed by atoms with Gasteiger partial charge in [0.15, 0.2) is 5.16 Å². The van der Waals surface area contributed by atoms with E-state index in [0.717, 1.165) is 17.5 Å². The molecule has 0 radical (unpaired) electrons. The largest absolute Gasteiger partial charge is 0.549 e. The lowest BCUT2D eigenvalue weighted by atomic mass is 10.3. The minimum absolute atomic E-state index is 0.161. The van der Waals surface area contributed by atoms with Crippen molar-refractivity contribution in [2.45, 2.75) is 5.16 Å². The molecule has 0 spiro atoms. The average Bonchev–Trinajstić information content (AvgIpc) is 2.38. The lowest BCUT2D eigenvalue weighted by molar-refractivity contribution is -0.301. The zero-order chi connectivity index (χ0) is 12.1. The number of carbonyl (C=O) groups is 1. The highest BCUT2D eigenvalue weighted by atomic mass is 32.2. The van der Waals surface area contributed by atoms with Gasteiger partial charge < -0.3 is 9.90 Å². The van der Waals surface area contributed by atoms with Crippen molar-refractivity contribution in [3.63, 3.8) is 0 Å². The molecule has 0 aliphatic rings. The highest BCUT2D eigenvalue weighted by Crippen LogP contribution is 2.17. The molecule has 6 heteroatoms. The third kappa shape index (κ3) is 3.25. The van der Waals surface area contributed by atoms with Crippen LogP contribution in [0.1, 0.15) is 0 Å². The first-order valence-electron chi connectivity index (χ1n) is 4.83. The quantitative estimate of drug-likeness (QED) is 0.573. The number of hydrogen-bond acceptors (Lipinski definition) is 6. The van der Waals surface area contributed by atoms with Gasteiger partial charge in [0.2, 0.25) is 0 Å². The van der Waals surface area contributed by atoms with E-state index in [1.807, 2.05) is 18.2 Å². The Morgan fingerprint density at radius 3 is 2.76 bits per heavy atom. The molecule has 0 aromatic carbocycles. The van der Waals surface area contributed by atoms with Gasteiger partial charge in [-0.15, -0.1) is 0 Å². The predicted molar refractivity (Wildman–Crippen MR) is 61.0 cm³/mol. The molecule has 2 aromatic heterocycles. The fraction of sp³-hybridized carbons (Fsp3) is 0.0909. The monoisotopic (exact) mass is 246 g/mol. The zero-order valence-electron chi connectivity index (χ0n) is 8.74. The van der Waals surface area contributed by atoms with Crippen LogP contribution in [0.2, 0.25) is 0 Å². The topological polar surface area (TPSA) is 78.8 Å². The van der Waals surface area contributed by atoms with Crippen molar-refractivity contribution in [1.29, 1.82) is 0 Å². The summed E-state index contributed by atoms with van der Waals surface area (Å²) in [6.45, 7) is 0. The van der Waals surface area contributed by atoms with Crippen molar-refractivity contribution in [2.75, 3.05) is 5.75 Å². The van der Waals surface area contributed by atoms with Gasteiger partial charge in [0.1, 0.15) is 0 Å². The molecule has 2 heterocycles. The Hall–Kier alpha value is -1.95. The third-order valence-corrected chi connectivity index (χ3v) is 2.71. The standard InChI is InChI=1S/C11H9N3O2S/c15-10(16)7-17-11-13-6-4-9(14-11)8-3-1-2-5-12-8/h1-6H,7H2,(H,15,16)/p-1. The Bertz CT molecular complexity index is 519. The zero-order valence-corrected chi connectivity index (χ0v) is 9.55. The van der Waals surface area contributed by atoms with Crippen LogP contribution in [0.4, 0.5) is 0 Å². The van der Waals surface area contributed by atoms with E-state index in [9.17, 15) is 9.90 Å². The number of carboxylic acids is 1. The molecule has 2 aromatic rings. The van der Waals surface area contributed by atoms with Gasteiger partial charge >= 0.3 is 0 Å². The van der Waals surface area contributed by atoms with E-state index in [-0.39, 0.29) is 5.75 Å². The number of rotatable bonds is 4. The Morgan fingerprint density at radius 1 is 1.18 bits per heavy atom. The summed E-state index contributed by atoms with van der Waals surface area (Å²) in [6, 6.07) is 7.23. The maximum Gasteiger partial charge on any atom is 0.188 e. The maximum atomic E-state index is 10.3. The maximum absolute atomic E-state index is 10.3. The molecule has 0 fully saturated rings. The van der Waals surface area contributed by atoms with E-state index >= 15 is 0 Å². The number of carboxylic acid groups (broad SMARTS) is 1. The van der Waals surface area contributed by atoms with Crippen molar-refractivity contribution in [3.8, 4) is 11.4 Å². The van der Waals surface area contributed by atoms with Gasteiger partial charge in [-0.1, -0.05) is 17.8 Å². The van der Waals surface area contributed by atoms with E-state index in [0.29, 0.717) is 10.9 Å². The van der Waals surface area contributed by atoms with E-state index in [2.05, 4.69) is 15.0 Å². The Balaban J connectivity index is 2.20. The van der Waals surface area contributed by atoms with Crippen LogP contribution in [-0.4, -0.2) is 26.7 Å². The van der Waals surface area contributed by atoms with Crippen molar-refractivity contribution >= 4 is 17.7 Å². The van der Waals surface area contributed by atoms with Crippen molar-refractivity contribution < 1.29 is 9.90 Å². The molecule has 0 amide bonds. The molecule has 0 saturated heterocycles. The molecule has 0 aliphatic carbocycles. The molecule has 2 rings (SSSR count). The van der Waals surface area contributed by atoms with Crippen LogP contribution in [0.5, 0.6) is 0 Å². The van der Waals surface area contributed by atoms with Crippen LogP contribution in [0.25, 0.3) is 11.4 Å². The highest BCUT2D eigenvalue weighted by molar-refractivity contribution is 7.99. The van der Waals surface area contributed by atoms with Crippen LogP contribution in [0.15, 0.2) is 41.8 Å². The fourth-order valence-electron chi connectivity index (χ4n) is 1.19. The van der Waals surface area contributed by atoms with Crippen LogP contribution in [0.3, 0.4) is 0 Å². The molecule has 0 bridgehead atoms. The fourth-order valence-corrected chi connectivity index (χ4v) is 1.74. The molecule has 86 valence electrons. The summed E-state index contributed by atoms with van der Waals surface area (Å²) in [5, 5.41) is 10.7. The first-order chi connectivity index (χ1) is 8.25. The van der Waals surface area contributed by atoms with Gasteiger partial charge in [-0.2, -0.15) is 0 Å². The van der Waals surface area contributed by atoms with E-state index in [4.69, 9.17) is 0 Å². The Morgan fingerprint density at radius 2 is 2.06 bits per heavy atom. The van der Waals surface area contributed by atoms with Gasteiger partial charge in [0, 0.05) is 18.1 Å². The second kappa shape index (κ2) is 5.40. The van der Waals surface area contributed by atoms with Gasteiger partial charge in [-0.3, -0.25) is 4.98 Å². The van der Waals surface area contributed by atoms with Gasteiger partial charge in [-0.25, -0.2) is 9.97 Å². The second-order valence-electron chi connectivity index (χ2n) is 3.10. The van der Waals surface area contributed by atoms with E-state index in [1.165, 1.54) is 0 Å². The summed E-state index contributed by atoms with van der Waals surface area (Å²) in [6.07, 6.45) is 3.25.